The lowest BCUT2D eigenvalue weighted by molar-refractivity contribution is -0.308. The van der Waals surface area contributed by atoms with Crippen LogP contribution in [-0.2, 0) is 4.79 Å². The van der Waals surface area contributed by atoms with E-state index in [0.29, 0.717) is 5.56 Å². The third kappa shape index (κ3) is 2.93. The highest BCUT2D eigenvalue weighted by molar-refractivity contribution is 5.75. The normalized spacial score (nSPS) is 16.9. The second-order valence-electron chi connectivity index (χ2n) is 4.08. The van der Waals surface area contributed by atoms with Crippen LogP contribution in [-0.4, -0.2) is 12.6 Å². The first-order valence-corrected chi connectivity index (χ1v) is 5.33. The van der Waals surface area contributed by atoms with E-state index in [0.717, 1.165) is 12.8 Å². The zero-order valence-corrected chi connectivity index (χ0v) is 8.94. The molecule has 92 valence electrons. The lowest BCUT2D eigenvalue weighted by atomic mass is 9.94. The minimum absolute atomic E-state index is 0.0247. The summed E-state index contributed by atoms with van der Waals surface area (Å²) in [5.74, 6) is -1.62. The number of alkyl halides is 2. The first kappa shape index (κ1) is 11.8. The van der Waals surface area contributed by atoms with E-state index in [-0.39, 0.29) is 11.7 Å². The number of aliphatic carboxylic acids is 1. The van der Waals surface area contributed by atoms with Crippen molar-refractivity contribution in [3.05, 3.63) is 29.8 Å². The van der Waals surface area contributed by atoms with Gasteiger partial charge in [0.05, 0.1) is 0 Å². The number of rotatable bonds is 5. The smallest absolute Gasteiger partial charge is 0.387 e. The number of carboxylic acid groups (broad SMARTS) is 1. The molecule has 1 saturated carbocycles. The number of halogens is 2. The topological polar surface area (TPSA) is 49.4 Å². The number of benzene rings is 1. The van der Waals surface area contributed by atoms with Crippen LogP contribution in [0, 0.1) is 5.92 Å². The van der Waals surface area contributed by atoms with E-state index >= 15 is 0 Å². The van der Waals surface area contributed by atoms with Crippen LogP contribution in [0.15, 0.2) is 24.3 Å². The highest BCUT2D eigenvalue weighted by Crippen LogP contribution is 2.42. The van der Waals surface area contributed by atoms with Gasteiger partial charge in [-0.3, -0.25) is 0 Å². The van der Waals surface area contributed by atoms with Gasteiger partial charge in [-0.05, 0) is 36.5 Å². The first-order valence-electron chi connectivity index (χ1n) is 5.33. The zero-order chi connectivity index (χ0) is 12.4. The molecule has 0 amide bonds. The van der Waals surface area contributed by atoms with Gasteiger partial charge in [-0.1, -0.05) is 12.1 Å². The largest absolute Gasteiger partial charge is 0.549 e. The molecule has 0 spiro atoms. The molecule has 1 aromatic carbocycles. The maximum atomic E-state index is 11.9. The van der Waals surface area contributed by atoms with Gasteiger partial charge in [-0.2, -0.15) is 8.78 Å². The summed E-state index contributed by atoms with van der Waals surface area (Å²) >= 11 is 0. The van der Waals surface area contributed by atoms with Crippen LogP contribution in [0.1, 0.15) is 24.3 Å². The van der Waals surface area contributed by atoms with Crippen molar-refractivity contribution < 1.29 is 23.4 Å². The molecule has 17 heavy (non-hydrogen) atoms. The Morgan fingerprint density at radius 2 is 1.88 bits per heavy atom. The highest BCUT2D eigenvalue weighted by Gasteiger charge is 2.33. The average molecular weight is 241 g/mol. The lowest BCUT2D eigenvalue weighted by Gasteiger charge is -2.18. The van der Waals surface area contributed by atoms with Crippen molar-refractivity contribution in [2.45, 2.75) is 25.4 Å². The summed E-state index contributed by atoms with van der Waals surface area (Å²) in [5.41, 5.74) is 0.578. The van der Waals surface area contributed by atoms with Crippen LogP contribution in [0.25, 0.3) is 0 Å². The predicted molar refractivity (Wildman–Crippen MR) is 53.5 cm³/mol. The Hall–Kier alpha value is -1.65. The average Bonchev–Trinajstić information content (AvgIpc) is 3.04. The fourth-order valence-corrected chi connectivity index (χ4v) is 1.89. The monoisotopic (exact) mass is 241 g/mol. The maximum absolute atomic E-state index is 11.9. The minimum atomic E-state index is -2.87. The van der Waals surface area contributed by atoms with Crippen molar-refractivity contribution in [3.8, 4) is 5.75 Å². The van der Waals surface area contributed by atoms with Crippen LogP contribution in [0.4, 0.5) is 8.78 Å². The quantitative estimate of drug-likeness (QED) is 0.785. The fourth-order valence-electron chi connectivity index (χ4n) is 1.89. The Bertz CT molecular complexity index is 399. The van der Waals surface area contributed by atoms with E-state index in [1.54, 1.807) is 0 Å². The number of hydrogen-bond acceptors (Lipinski definition) is 3. The van der Waals surface area contributed by atoms with Crippen molar-refractivity contribution in [1.82, 2.24) is 0 Å². The van der Waals surface area contributed by atoms with Crippen LogP contribution in [0.3, 0.4) is 0 Å². The second kappa shape index (κ2) is 4.69. The van der Waals surface area contributed by atoms with Gasteiger partial charge >= 0.3 is 6.61 Å². The minimum Gasteiger partial charge on any atom is -0.549 e. The summed E-state index contributed by atoms with van der Waals surface area (Å²) < 4.78 is 28.0. The molecule has 0 heterocycles. The van der Waals surface area contributed by atoms with Crippen molar-refractivity contribution >= 4 is 5.97 Å². The van der Waals surface area contributed by atoms with E-state index in [2.05, 4.69) is 4.74 Å². The number of hydrogen-bond donors (Lipinski definition) is 0. The number of carbonyl (C=O) groups excluding carboxylic acids is 1. The predicted octanol–water partition coefficient (Wildman–Crippen LogP) is 1.53. The first-order chi connectivity index (χ1) is 8.08. The van der Waals surface area contributed by atoms with E-state index in [9.17, 15) is 18.7 Å². The van der Waals surface area contributed by atoms with Crippen LogP contribution < -0.4 is 9.84 Å². The molecule has 0 bridgehead atoms. The molecule has 2 rings (SSSR count). The fraction of sp³-hybridized carbons (Fsp3) is 0.417. The summed E-state index contributed by atoms with van der Waals surface area (Å²) in [6, 6.07) is 5.69. The molecule has 5 heteroatoms. The van der Waals surface area contributed by atoms with Crippen LogP contribution in [0.2, 0.25) is 0 Å². The van der Waals surface area contributed by atoms with E-state index in [1.165, 1.54) is 24.3 Å². The molecular weight excluding hydrogens is 230 g/mol. The molecule has 1 atom stereocenters. The molecule has 0 radical (unpaired) electrons. The maximum Gasteiger partial charge on any atom is 0.387 e. The Balaban J connectivity index is 2.13. The van der Waals surface area contributed by atoms with Gasteiger partial charge in [-0.15, -0.1) is 0 Å². The third-order valence-electron chi connectivity index (χ3n) is 2.81. The van der Waals surface area contributed by atoms with Gasteiger partial charge < -0.3 is 14.6 Å². The van der Waals surface area contributed by atoms with Crippen molar-refractivity contribution in [1.29, 1.82) is 0 Å². The Morgan fingerprint density at radius 3 is 2.29 bits per heavy atom. The standard InChI is InChI=1S/C12H12F2O3/c13-12(14)17-9-5-3-8(4-6-9)10(11(15)16)7-1-2-7/h3-7,10,12H,1-2H2,(H,15,16)/p-1. The Kier molecular flexibility index (Phi) is 3.26. The van der Waals surface area contributed by atoms with Crippen molar-refractivity contribution in [2.75, 3.05) is 0 Å². The van der Waals surface area contributed by atoms with Crippen molar-refractivity contribution in [2.24, 2.45) is 5.92 Å². The SMILES string of the molecule is O=C([O-])C(c1ccc(OC(F)F)cc1)C1CC1. The number of ether oxygens (including phenoxy) is 1. The molecule has 0 N–H and O–H groups in total. The Morgan fingerprint density at radius 1 is 1.29 bits per heavy atom. The summed E-state index contributed by atoms with van der Waals surface area (Å²) in [6.45, 7) is -2.87. The van der Waals surface area contributed by atoms with Gasteiger partial charge in [0.15, 0.2) is 0 Å². The molecule has 0 saturated heterocycles. The van der Waals surface area contributed by atoms with Crippen LogP contribution >= 0.6 is 0 Å². The summed E-state index contributed by atoms with van der Waals surface area (Å²) in [4.78, 5) is 11.0. The lowest BCUT2D eigenvalue weighted by Crippen LogP contribution is -2.30. The summed E-state index contributed by atoms with van der Waals surface area (Å²) in [7, 11) is 0. The molecule has 0 aliphatic heterocycles. The highest BCUT2D eigenvalue weighted by atomic mass is 19.3. The Labute approximate surface area is 97.0 Å². The molecule has 1 aliphatic rings. The van der Waals surface area contributed by atoms with Gasteiger partial charge in [0.25, 0.3) is 0 Å². The molecule has 1 unspecified atom stereocenters. The van der Waals surface area contributed by atoms with Gasteiger partial charge in [-0.25, -0.2) is 0 Å². The van der Waals surface area contributed by atoms with Gasteiger partial charge in [0.2, 0.25) is 0 Å². The summed E-state index contributed by atoms with van der Waals surface area (Å²) in [6.07, 6.45) is 1.74. The molecule has 3 nitrogen and oxygen atoms in total. The number of carbonyl (C=O) groups is 1. The van der Waals surface area contributed by atoms with Gasteiger partial charge in [0, 0.05) is 11.9 Å². The molecular formula is C12H11F2O3-. The van der Waals surface area contributed by atoms with E-state index in [4.69, 9.17) is 0 Å². The molecule has 1 aliphatic carbocycles. The van der Waals surface area contributed by atoms with Crippen molar-refractivity contribution in [3.63, 3.8) is 0 Å². The van der Waals surface area contributed by atoms with E-state index in [1.807, 2.05) is 0 Å². The second-order valence-corrected chi connectivity index (χ2v) is 4.08. The van der Waals surface area contributed by atoms with E-state index < -0.39 is 18.5 Å². The molecule has 1 aromatic rings. The third-order valence-corrected chi connectivity index (χ3v) is 2.81. The van der Waals surface area contributed by atoms with Crippen LogP contribution in [0.5, 0.6) is 5.75 Å². The van der Waals surface area contributed by atoms with Gasteiger partial charge in [0.1, 0.15) is 5.75 Å². The zero-order valence-electron chi connectivity index (χ0n) is 8.94. The molecule has 1 fully saturated rings. The summed E-state index contributed by atoms with van der Waals surface area (Å²) in [5, 5.41) is 11.0. The molecule has 0 aromatic heterocycles. The number of carboxylic acids is 1.